The highest BCUT2D eigenvalue weighted by atomic mass is 35.5. The van der Waals surface area contributed by atoms with Gasteiger partial charge in [-0.2, -0.15) is 5.10 Å². The minimum atomic E-state index is -0.235. The van der Waals surface area contributed by atoms with Gasteiger partial charge >= 0.3 is 0 Å². The lowest BCUT2D eigenvalue weighted by molar-refractivity contribution is 0.0919. The first-order valence-corrected chi connectivity index (χ1v) is 9.97. The third-order valence-electron chi connectivity index (χ3n) is 3.72. The van der Waals surface area contributed by atoms with Crippen molar-refractivity contribution in [1.82, 2.24) is 10.7 Å². The molecule has 0 fully saturated rings. The highest BCUT2D eigenvalue weighted by Gasteiger charge is 2.12. The fraction of sp³-hybridized carbons (Fsp3) is 0.190. The Labute approximate surface area is 190 Å². The van der Waals surface area contributed by atoms with Gasteiger partial charge in [0.15, 0.2) is 29.0 Å². The molecular weight excluding hydrogens is 445 g/mol. The number of hydrogen-bond acceptors (Lipinski definition) is 5. The first kappa shape index (κ1) is 23.7. The summed E-state index contributed by atoms with van der Waals surface area (Å²) in [5, 5.41) is 8.12. The van der Waals surface area contributed by atoms with Gasteiger partial charge in [-0.05, 0) is 61.1 Å². The van der Waals surface area contributed by atoms with E-state index in [1.165, 1.54) is 13.2 Å². The summed E-state index contributed by atoms with van der Waals surface area (Å²) in [6.45, 7) is 6.08. The fourth-order valence-electron chi connectivity index (χ4n) is 2.22. The van der Waals surface area contributed by atoms with Crippen LogP contribution < -0.4 is 20.2 Å². The van der Waals surface area contributed by atoms with Crippen LogP contribution in [-0.4, -0.2) is 37.4 Å². The Morgan fingerprint density at radius 2 is 1.97 bits per heavy atom. The number of methoxy groups -OCH3 is 1. The van der Waals surface area contributed by atoms with E-state index in [0.29, 0.717) is 38.8 Å². The molecule has 0 saturated carbocycles. The Morgan fingerprint density at radius 1 is 1.20 bits per heavy atom. The summed E-state index contributed by atoms with van der Waals surface area (Å²) in [7, 11) is 1.51. The molecule has 30 heavy (non-hydrogen) atoms. The number of halogens is 2. The number of Topliss-reactive ketones (excluding diaryl/α,β-unsaturated/α-hetero) is 1. The maximum Gasteiger partial charge on any atom is 0.200 e. The molecule has 0 aliphatic carbocycles. The monoisotopic (exact) mass is 465 g/mol. The number of carbonyl (C=O) groups is 1. The molecule has 0 radical (unpaired) electrons. The van der Waals surface area contributed by atoms with E-state index in [1.807, 2.05) is 6.92 Å². The number of carbonyl (C=O) groups excluding carboxylic acids is 1. The molecule has 0 bridgehead atoms. The number of ether oxygens (including phenoxy) is 2. The average Bonchev–Trinajstić information content (AvgIpc) is 2.72. The lowest BCUT2D eigenvalue weighted by Crippen LogP contribution is -2.32. The van der Waals surface area contributed by atoms with Gasteiger partial charge in [-0.25, -0.2) is 0 Å². The van der Waals surface area contributed by atoms with E-state index in [9.17, 15) is 4.79 Å². The van der Waals surface area contributed by atoms with Gasteiger partial charge in [0.2, 0.25) is 0 Å². The summed E-state index contributed by atoms with van der Waals surface area (Å²) in [5.41, 5.74) is 4.84. The molecule has 0 unspecified atom stereocenters. The Balaban J connectivity index is 1.97. The van der Waals surface area contributed by atoms with Gasteiger partial charge in [-0.1, -0.05) is 35.4 Å². The maximum absolute atomic E-state index is 12.3. The number of thiocarbonyl (C=S) groups is 1. The van der Waals surface area contributed by atoms with Crippen LogP contribution in [0.4, 0.5) is 0 Å². The molecule has 2 N–H and O–H groups in total. The normalized spacial score (nSPS) is 10.5. The van der Waals surface area contributed by atoms with E-state index in [0.717, 1.165) is 11.1 Å². The number of rotatable bonds is 9. The largest absolute Gasteiger partial charge is 0.493 e. The summed E-state index contributed by atoms with van der Waals surface area (Å²) in [6, 6.07) is 9.87. The number of nitrogens with one attached hydrogen (secondary N) is 2. The molecule has 0 saturated heterocycles. The van der Waals surface area contributed by atoms with E-state index in [4.69, 9.17) is 44.9 Å². The van der Waals surface area contributed by atoms with E-state index in [2.05, 4.69) is 22.4 Å². The van der Waals surface area contributed by atoms with Crippen LogP contribution in [-0.2, 0) is 0 Å². The van der Waals surface area contributed by atoms with E-state index >= 15 is 0 Å². The average molecular weight is 466 g/mol. The van der Waals surface area contributed by atoms with Crippen molar-refractivity contribution < 1.29 is 14.3 Å². The minimum Gasteiger partial charge on any atom is -0.493 e. The molecule has 158 valence electrons. The molecule has 2 rings (SSSR count). The van der Waals surface area contributed by atoms with Gasteiger partial charge in [0.25, 0.3) is 0 Å². The maximum atomic E-state index is 12.3. The van der Waals surface area contributed by atoms with Crippen LogP contribution in [0.5, 0.6) is 11.5 Å². The first-order valence-electron chi connectivity index (χ1n) is 8.80. The zero-order valence-corrected chi connectivity index (χ0v) is 18.8. The Morgan fingerprint density at radius 3 is 2.63 bits per heavy atom. The Hall–Kier alpha value is -2.61. The second-order valence-electron chi connectivity index (χ2n) is 6.26. The molecule has 0 aliphatic heterocycles. The van der Waals surface area contributed by atoms with Crippen molar-refractivity contribution in [3.63, 3.8) is 0 Å². The second kappa shape index (κ2) is 11.5. The molecule has 0 aliphatic rings. The lowest BCUT2D eigenvalue weighted by Gasteiger charge is -2.11. The summed E-state index contributed by atoms with van der Waals surface area (Å²) in [4.78, 5) is 12.3. The minimum absolute atomic E-state index is 0.175. The van der Waals surface area contributed by atoms with Gasteiger partial charge in [0.1, 0.15) is 0 Å². The van der Waals surface area contributed by atoms with Crippen molar-refractivity contribution in [2.24, 2.45) is 5.10 Å². The number of hydrogen-bond donors (Lipinski definition) is 2. The molecule has 6 nitrogen and oxygen atoms in total. The molecule has 0 spiro atoms. The van der Waals surface area contributed by atoms with Crippen LogP contribution in [0, 0.1) is 0 Å². The highest BCUT2D eigenvalue weighted by Crippen LogP contribution is 2.28. The molecule has 2 aromatic carbocycles. The number of nitrogens with zero attached hydrogens (tertiary/aromatic N) is 1. The molecule has 0 heterocycles. The predicted molar refractivity (Wildman–Crippen MR) is 125 cm³/mol. The SMILES string of the molecule is C=C(C)CNC(=S)N/N=C\c1ccc(OCC(=O)c2ccc(Cl)c(Cl)c2)c(OC)c1. The van der Waals surface area contributed by atoms with Crippen molar-refractivity contribution >= 4 is 52.5 Å². The van der Waals surface area contributed by atoms with Crippen LogP contribution in [0.3, 0.4) is 0 Å². The van der Waals surface area contributed by atoms with Crippen LogP contribution in [0.25, 0.3) is 0 Å². The summed E-state index contributed by atoms with van der Waals surface area (Å²) in [5.74, 6) is 0.653. The summed E-state index contributed by atoms with van der Waals surface area (Å²) < 4.78 is 11.0. The summed E-state index contributed by atoms with van der Waals surface area (Å²) in [6.07, 6.45) is 1.59. The number of hydrazone groups is 1. The third kappa shape index (κ3) is 7.33. The van der Waals surface area contributed by atoms with Crippen LogP contribution >= 0.6 is 35.4 Å². The van der Waals surface area contributed by atoms with E-state index in [1.54, 1.807) is 36.5 Å². The quantitative estimate of drug-likeness (QED) is 0.185. The lowest BCUT2D eigenvalue weighted by atomic mass is 10.1. The first-order chi connectivity index (χ1) is 14.3. The molecule has 0 aromatic heterocycles. The standard InChI is InChI=1S/C21H21Cl2N3O3S/c1-13(2)10-24-21(30)26-25-11-14-4-7-19(20(8-14)28-3)29-12-18(27)15-5-6-16(22)17(23)9-15/h4-9,11H,1,10,12H2,2-3H3,(H2,24,26,30)/b25-11-. The van der Waals surface area contributed by atoms with Crippen molar-refractivity contribution in [1.29, 1.82) is 0 Å². The van der Waals surface area contributed by atoms with Gasteiger partial charge in [0.05, 0.1) is 23.4 Å². The van der Waals surface area contributed by atoms with Gasteiger partial charge < -0.3 is 14.8 Å². The zero-order valence-electron chi connectivity index (χ0n) is 16.5. The number of ketones is 1. The molecular formula is C21H21Cl2N3O3S. The van der Waals surface area contributed by atoms with Crippen molar-refractivity contribution in [3.05, 3.63) is 69.7 Å². The fourth-order valence-corrected chi connectivity index (χ4v) is 2.64. The molecule has 0 amide bonds. The Kier molecular flexibility index (Phi) is 9.11. The molecule has 2 aromatic rings. The van der Waals surface area contributed by atoms with Crippen LogP contribution in [0.2, 0.25) is 10.0 Å². The highest BCUT2D eigenvalue weighted by molar-refractivity contribution is 7.80. The smallest absolute Gasteiger partial charge is 0.200 e. The van der Waals surface area contributed by atoms with Gasteiger partial charge in [-0.15, -0.1) is 0 Å². The third-order valence-corrected chi connectivity index (χ3v) is 4.69. The van der Waals surface area contributed by atoms with Crippen molar-refractivity contribution in [3.8, 4) is 11.5 Å². The van der Waals surface area contributed by atoms with Gasteiger partial charge in [-0.3, -0.25) is 10.2 Å². The molecule has 9 heteroatoms. The van der Waals surface area contributed by atoms with Gasteiger partial charge in [0, 0.05) is 12.1 Å². The summed E-state index contributed by atoms with van der Waals surface area (Å²) >= 11 is 16.9. The number of benzene rings is 2. The zero-order chi connectivity index (χ0) is 22.1. The van der Waals surface area contributed by atoms with Crippen molar-refractivity contribution in [2.45, 2.75) is 6.92 Å². The topological polar surface area (TPSA) is 72.0 Å². The van der Waals surface area contributed by atoms with E-state index < -0.39 is 0 Å². The second-order valence-corrected chi connectivity index (χ2v) is 7.48. The van der Waals surface area contributed by atoms with Crippen LogP contribution in [0.1, 0.15) is 22.8 Å². The van der Waals surface area contributed by atoms with Crippen LogP contribution in [0.15, 0.2) is 53.7 Å². The predicted octanol–water partition coefficient (Wildman–Crippen LogP) is 4.64. The molecule has 0 atom stereocenters. The van der Waals surface area contributed by atoms with Crippen molar-refractivity contribution in [2.75, 3.05) is 20.3 Å². The van der Waals surface area contributed by atoms with E-state index in [-0.39, 0.29) is 12.4 Å². The Bertz CT molecular complexity index is 980.